The Kier molecular flexibility index (Phi) is 5.88. The number of aromatic nitrogens is 1. The summed E-state index contributed by atoms with van der Waals surface area (Å²) in [5, 5.41) is 4.21. The Morgan fingerprint density at radius 3 is 2.47 bits per heavy atom. The van der Waals surface area contributed by atoms with Crippen LogP contribution < -0.4 is 0 Å². The number of carbonyl (C=O) groups is 3. The first-order valence-corrected chi connectivity index (χ1v) is 10.4. The molecule has 1 fully saturated rings. The number of oxime groups is 1. The van der Waals surface area contributed by atoms with Crippen LogP contribution in [0.3, 0.4) is 0 Å². The van der Waals surface area contributed by atoms with Crippen LogP contribution in [0.2, 0.25) is 0 Å². The fourth-order valence-electron chi connectivity index (χ4n) is 3.97. The van der Waals surface area contributed by atoms with Crippen molar-refractivity contribution in [3.63, 3.8) is 0 Å². The van der Waals surface area contributed by atoms with Gasteiger partial charge >= 0.3 is 6.18 Å². The quantitative estimate of drug-likeness (QED) is 0.636. The maximum Gasteiger partial charge on any atom is 0.406 e. The third-order valence-corrected chi connectivity index (χ3v) is 5.80. The molecule has 1 atom stereocenters. The van der Waals surface area contributed by atoms with Crippen molar-refractivity contribution >= 4 is 23.4 Å². The van der Waals surface area contributed by atoms with Crippen molar-refractivity contribution < 1.29 is 32.4 Å². The number of rotatable bonds is 4. The molecule has 2 aliphatic rings. The van der Waals surface area contributed by atoms with Crippen LogP contribution in [0.15, 0.2) is 47.9 Å². The summed E-state index contributed by atoms with van der Waals surface area (Å²) in [6, 6.07) is 8.68. The van der Waals surface area contributed by atoms with Crippen molar-refractivity contribution in [2.45, 2.75) is 32.0 Å². The fourth-order valence-corrected chi connectivity index (χ4v) is 3.97. The number of benzene rings is 1. The molecular formula is C23H21F3N4O4. The minimum Gasteiger partial charge on any atom is -0.384 e. The second-order valence-corrected chi connectivity index (χ2v) is 8.46. The van der Waals surface area contributed by atoms with E-state index >= 15 is 0 Å². The van der Waals surface area contributed by atoms with E-state index in [9.17, 15) is 27.6 Å². The maximum atomic E-state index is 12.9. The van der Waals surface area contributed by atoms with Crippen LogP contribution in [0.4, 0.5) is 13.2 Å². The van der Waals surface area contributed by atoms with Crippen molar-refractivity contribution in [3.8, 4) is 0 Å². The lowest BCUT2D eigenvalue weighted by molar-refractivity contribution is -0.174. The summed E-state index contributed by atoms with van der Waals surface area (Å²) in [4.78, 5) is 48.0. The predicted octanol–water partition coefficient (Wildman–Crippen LogP) is 2.80. The highest BCUT2D eigenvalue weighted by molar-refractivity contribution is 6.07. The molecule has 3 heterocycles. The van der Waals surface area contributed by atoms with E-state index in [4.69, 9.17) is 4.84 Å². The average molecular weight is 474 g/mol. The zero-order chi connectivity index (χ0) is 24.7. The summed E-state index contributed by atoms with van der Waals surface area (Å²) >= 11 is 0. The summed E-state index contributed by atoms with van der Waals surface area (Å²) in [6.45, 7) is 0.717. The molecule has 2 aliphatic heterocycles. The lowest BCUT2D eigenvalue weighted by Gasteiger charge is -2.33. The zero-order valence-corrected chi connectivity index (χ0v) is 18.4. The zero-order valence-electron chi connectivity index (χ0n) is 18.4. The first-order valence-electron chi connectivity index (χ1n) is 10.4. The topological polar surface area (TPSA) is 92.2 Å². The Morgan fingerprint density at radius 1 is 1.18 bits per heavy atom. The highest BCUT2D eigenvalue weighted by Crippen LogP contribution is 2.35. The van der Waals surface area contributed by atoms with E-state index in [0.29, 0.717) is 17.7 Å². The predicted molar refractivity (Wildman–Crippen MR) is 114 cm³/mol. The Bertz CT molecular complexity index is 1160. The standard InChI is InChI=1S/C23H21F3N4O4/c1-14-8-15(18-9-22(2,34-28-18)16-4-3-7-27-10-16)5-6-17(14)21(33)29-11-19(31)30(20(32)12-29)13-23(24,25)26/h3-8,10H,9,11-13H2,1-2H3. The number of hydrogen-bond acceptors (Lipinski definition) is 6. The number of halogens is 3. The molecule has 2 aromatic rings. The summed E-state index contributed by atoms with van der Waals surface area (Å²) in [6.07, 6.45) is -0.845. The number of imide groups is 1. The van der Waals surface area contributed by atoms with Gasteiger partial charge in [0.15, 0.2) is 5.60 Å². The Hall–Kier alpha value is -3.76. The molecule has 34 heavy (non-hydrogen) atoms. The van der Waals surface area contributed by atoms with Gasteiger partial charge < -0.3 is 9.74 Å². The minimum atomic E-state index is -4.70. The van der Waals surface area contributed by atoms with Gasteiger partial charge in [-0.05, 0) is 43.2 Å². The monoisotopic (exact) mass is 474 g/mol. The second kappa shape index (κ2) is 8.54. The third kappa shape index (κ3) is 4.63. The van der Waals surface area contributed by atoms with Gasteiger partial charge in [-0.2, -0.15) is 13.2 Å². The molecule has 8 nitrogen and oxygen atoms in total. The minimum absolute atomic E-state index is 0.136. The summed E-state index contributed by atoms with van der Waals surface area (Å²) in [7, 11) is 0. The van der Waals surface area contributed by atoms with Crippen LogP contribution in [-0.2, 0) is 20.0 Å². The number of piperazine rings is 1. The van der Waals surface area contributed by atoms with Gasteiger partial charge in [-0.25, -0.2) is 0 Å². The smallest absolute Gasteiger partial charge is 0.384 e. The molecule has 0 saturated carbocycles. The van der Waals surface area contributed by atoms with Crippen LogP contribution >= 0.6 is 0 Å². The summed E-state index contributed by atoms with van der Waals surface area (Å²) < 4.78 is 37.9. The van der Waals surface area contributed by atoms with Gasteiger partial charge in [-0.1, -0.05) is 17.3 Å². The van der Waals surface area contributed by atoms with Crippen LogP contribution in [0.5, 0.6) is 0 Å². The van der Waals surface area contributed by atoms with Crippen molar-refractivity contribution in [2.75, 3.05) is 19.6 Å². The first-order chi connectivity index (χ1) is 16.0. The van der Waals surface area contributed by atoms with Crippen molar-refractivity contribution in [1.29, 1.82) is 0 Å². The molecule has 3 amide bonds. The van der Waals surface area contributed by atoms with Gasteiger partial charge in [0.2, 0.25) is 11.8 Å². The number of nitrogens with zero attached hydrogens (tertiary/aromatic N) is 4. The molecule has 0 aliphatic carbocycles. The van der Waals surface area contributed by atoms with E-state index in [2.05, 4.69) is 10.1 Å². The number of alkyl halides is 3. The molecule has 4 rings (SSSR count). The van der Waals surface area contributed by atoms with E-state index in [-0.39, 0.29) is 10.5 Å². The van der Waals surface area contributed by atoms with Crippen molar-refractivity contribution in [1.82, 2.24) is 14.8 Å². The van der Waals surface area contributed by atoms with E-state index < -0.39 is 49.1 Å². The van der Waals surface area contributed by atoms with Gasteiger partial charge in [0.1, 0.15) is 19.6 Å². The molecule has 1 unspecified atom stereocenters. The SMILES string of the molecule is Cc1cc(C2=NOC(C)(c3cccnc3)C2)ccc1C(=O)N1CC(=O)N(CC(F)(F)F)C(=O)C1. The fraction of sp³-hybridized carbons (Fsp3) is 0.348. The molecule has 0 bridgehead atoms. The lowest BCUT2D eigenvalue weighted by Crippen LogP contribution is -2.57. The van der Waals surface area contributed by atoms with Crippen LogP contribution in [0.25, 0.3) is 0 Å². The molecule has 0 spiro atoms. The van der Waals surface area contributed by atoms with Crippen LogP contribution in [0.1, 0.15) is 40.4 Å². The number of hydrogen-bond donors (Lipinski definition) is 0. The first kappa shape index (κ1) is 23.4. The molecule has 1 aromatic carbocycles. The van der Waals surface area contributed by atoms with Gasteiger partial charge in [-0.15, -0.1) is 0 Å². The maximum absolute atomic E-state index is 12.9. The molecular weight excluding hydrogens is 453 g/mol. The average Bonchev–Trinajstić information content (AvgIpc) is 3.19. The Morgan fingerprint density at radius 2 is 1.88 bits per heavy atom. The Balaban J connectivity index is 1.47. The third-order valence-electron chi connectivity index (χ3n) is 5.80. The number of pyridine rings is 1. The van der Waals surface area contributed by atoms with Crippen LogP contribution in [0, 0.1) is 6.92 Å². The van der Waals surface area contributed by atoms with E-state index in [1.165, 1.54) is 0 Å². The lowest BCUT2D eigenvalue weighted by atomic mass is 9.89. The van der Waals surface area contributed by atoms with Crippen molar-refractivity contribution in [2.24, 2.45) is 5.16 Å². The molecule has 0 radical (unpaired) electrons. The number of aryl methyl sites for hydroxylation is 1. The molecule has 0 N–H and O–H groups in total. The van der Waals surface area contributed by atoms with E-state index in [1.807, 2.05) is 19.1 Å². The number of carbonyl (C=O) groups excluding carboxylic acids is 3. The normalized spacial score (nSPS) is 20.9. The van der Waals surface area contributed by atoms with Gasteiger partial charge in [-0.3, -0.25) is 24.3 Å². The Labute approximate surface area is 193 Å². The highest BCUT2D eigenvalue weighted by atomic mass is 19.4. The van der Waals surface area contributed by atoms with E-state index in [0.717, 1.165) is 16.0 Å². The van der Waals surface area contributed by atoms with Gasteiger partial charge in [0.05, 0.1) is 5.71 Å². The largest absolute Gasteiger partial charge is 0.406 e. The van der Waals surface area contributed by atoms with Crippen LogP contribution in [-0.4, -0.2) is 64.0 Å². The summed E-state index contributed by atoms with van der Waals surface area (Å²) in [5.41, 5.74) is 2.42. The molecule has 1 saturated heterocycles. The second-order valence-electron chi connectivity index (χ2n) is 8.46. The molecule has 178 valence electrons. The van der Waals surface area contributed by atoms with Gasteiger partial charge in [0.25, 0.3) is 5.91 Å². The molecule has 11 heteroatoms. The van der Waals surface area contributed by atoms with Gasteiger partial charge in [0, 0.05) is 29.9 Å². The molecule has 1 aromatic heterocycles. The van der Waals surface area contributed by atoms with E-state index in [1.54, 1.807) is 37.5 Å². The number of amides is 3. The van der Waals surface area contributed by atoms with Crippen molar-refractivity contribution in [3.05, 3.63) is 65.0 Å². The highest BCUT2D eigenvalue weighted by Gasteiger charge is 2.41. The summed E-state index contributed by atoms with van der Waals surface area (Å²) in [5.74, 6) is -2.74.